The molecule has 0 unspecified atom stereocenters. The first-order valence-corrected chi connectivity index (χ1v) is 10.4. The highest BCUT2D eigenvalue weighted by atomic mass is 79.9. The second-order valence-corrected chi connectivity index (χ2v) is 8.11. The summed E-state index contributed by atoms with van der Waals surface area (Å²) in [7, 11) is 1.84. The van der Waals surface area contributed by atoms with Gasteiger partial charge in [0.15, 0.2) is 0 Å². The van der Waals surface area contributed by atoms with Gasteiger partial charge in [0.05, 0.1) is 0 Å². The predicted octanol–water partition coefficient (Wildman–Crippen LogP) is 3.74. The fourth-order valence-corrected chi connectivity index (χ4v) is 3.61. The Hall–Kier alpha value is -1.90. The Kier molecular flexibility index (Phi) is 7.25. The summed E-state index contributed by atoms with van der Waals surface area (Å²) in [5.41, 5.74) is 3.54. The van der Waals surface area contributed by atoms with Crippen molar-refractivity contribution < 1.29 is 4.74 Å². The van der Waals surface area contributed by atoms with E-state index in [-0.39, 0.29) is 0 Å². The first-order valence-electron chi connectivity index (χ1n) is 8.64. The number of aryl methyl sites for hydroxylation is 2. The van der Waals surface area contributed by atoms with Crippen LogP contribution in [0.25, 0.3) is 0 Å². The van der Waals surface area contributed by atoms with Gasteiger partial charge in [0.1, 0.15) is 12.4 Å². The van der Waals surface area contributed by atoms with E-state index in [1.807, 2.05) is 19.2 Å². The third-order valence-corrected chi connectivity index (χ3v) is 5.45. The number of rotatable bonds is 9. The van der Waals surface area contributed by atoms with Gasteiger partial charge in [-0.3, -0.25) is 0 Å². The molecule has 2 aromatic carbocycles. The smallest absolute Gasteiger partial charge is 0.209 e. The van der Waals surface area contributed by atoms with Crippen molar-refractivity contribution in [1.82, 2.24) is 25.5 Å². The van der Waals surface area contributed by atoms with Gasteiger partial charge >= 0.3 is 0 Å². The summed E-state index contributed by atoms with van der Waals surface area (Å²) < 4.78 is 8.77. The lowest BCUT2D eigenvalue weighted by Crippen LogP contribution is -2.17. The van der Waals surface area contributed by atoms with Crippen molar-refractivity contribution in [2.75, 3.05) is 12.3 Å². The second-order valence-electron chi connectivity index (χ2n) is 6.14. The van der Waals surface area contributed by atoms with Crippen LogP contribution in [0.5, 0.6) is 5.75 Å². The Morgan fingerprint density at radius 2 is 2.00 bits per heavy atom. The second kappa shape index (κ2) is 9.87. The molecule has 0 atom stereocenters. The topological polar surface area (TPSA) is 64.9 Å². The van der Waals surface area contributed by atoms with Crippen molar-refractivity contribution >= 4 is 27.7 Å². The standard InChI is InChI=1S/C19H22BrN5OS/c1-14-3-5-15(6-4-14)13-26-18-8-7-17(20)11-16(18)12-21-9-10-27-19-22-23-24-25(19)2/h3-8,11,21H,9-10,12-13H2,1-2H3. The number of nitrogens with zero attached hydrogens (tertiary/aromatic N) is 4. The number of aromatic nitrogens is 4. The van der Waals surface area contributed by atoms with Crippen molar-refractivity contribution in [2.24, 2.45) is 7.05 Å². The van der Waals surface area contributed by atoms with Crippen molar-refractivity contribution in [2.45, 2.75) is 25.2 Å². The Labute approximate surface area is 171 Å². The van der Waals surface area contributed by atoms with E-state index in [9.17, 15) is 0 Å². The van der Waals surface area contributed by atoms with E-state index >= 15 is 0 Å². The normalized spacial score (nSPS) is 10.9. The molecule has 3 aromatic rings. The summed E-state index contributed by atoms with van der Waals surface area (Å²) in [6, 6.07) is 14.5. The maximum atomic E-state index is 6.05. The van der Waals surface area contributed by atoms with Crippen LogP contribution in [0.4, 0.5) is 0 Å². The number of thioether (sulfide) groups is 1. The predicted molar refractivity (Wildman–Crippen MR) is 111 cm³/mol. The number of nitrogens with one attached hydrogen (secondary N) is 1. The monoisotopic (exact) mass is 447 g/mol. The lowest BCUT2D eigenvalue weighted by molar-refractivity contribution is 0.302. The molecule has 1 N–H and O–H groups in total. The molecule has 0 aliphatic heterocycles. The van der Waals surface area contributed by atoms with Gasteiger partial charge in [-0.1, -0.05) is 57.5 Å². The summed E-state index contributed by atoms with van der Waals surface area (Å²) in [6.45, 7) is 4.23. The van der Waals surface area contributed by atoms with E-state index in [0.29, 0.717) is 6.61 Å². The molecule has 0 fully saturated rings. The van der Waals surface area contributed by atoms with E-state index in [0.717, 1.165) is 45.3 Å². The molecule has 27 heavy (non-hydrogen) atoms. The quantitative estimate of drug-likeness (QED) is 0.398. The van der Waals surface area contributed by atoms with Crippen LogP contribution in [0.2, 0.25) is 0 Å². The minimum Gasteiger partial charge on any atom is -0.489 e. The molecule has 0 saturated carbocycles. The molecule has 0 spiro atoms. The fraction of sp³-hybridized carbons (Fsp3) is 0.316. The van der Waals surface area contributed by atoms with E-state index in [1.54, 1.807) is 16.4 Å². The van der Waals surface area contributed by atoms with Crippen molar-refractivity contribution in [3.63, 3.8) is 0 Å². The van der Waals surface area contributed by atoms with Crippen LogP contribution in [0.3, 0.4) is 0 Å². The zero-order valence-corrected chi connectivity index (χ0v) is 17.8. The minimum atomic E-state index is 0.559. The van der Waals surface area contributed by atoms with E-state index in [2.05, 4.69) is 74.0 Å². The van der Waals surface area contributed by atoms with Gasteiger partial charge in [0.2, 0.25) is 5.16 Å². The van der Waals surface area contributed by atoms with Crippen LogP contribution in [0.15, 0.2) is 52.1 Å². The highest BCUT2D eigenvalue weighted by Crippen LogP contribution is 2.24. The van der Waals surface area contributed by atoms with Crippen molar-refractivity contribution in [1.29, 1.82) is 0 Å². The summed E-state index contributed by atoms with van der Waals surface area (Å²) in [5, 5.41) is 15.7. The summed E-state index contributed by atoms with van der Waals surface area (Å²) in [6.07, 6.45) is 0. The molecule has 1 aromatic heterocycles. The zero-order chi connectivity index (χ0) is 19.1. The van der Waals surface area contributed by atoms with Crippen LogP contribution in [0, 0.1) is 6.92 Å². The number of hydrogen-bond acceptors (Lipinski definition) is 6. The summed E-state index contributed by atoms with van der Waals surface area (Å²) in [5.74, 6) is 1.79. The zero-order valence-electron chi connectivity index (χ0n) is 15.4. The average Bonchev–Trinajstić information content (AvgIpc) is 3.07. The number of halogens is 1. The Balaban J connectivity index is 1.50. The third kappa shape index (κ3) is 6.05. The highest BCUT2D eigenvalue weighted by molar-refractivity contribution is 9.10. The average molecular weight is 448 g/mol. The van der Waals surface area contributed by atoms with Crippen LogP contribution >= 0.6 is 27.7 Å². The van der Waals surface area contributed by atoms with Gasteiger partial charge in [-0.2, -0.15) is 0 Å². The molecule has 0 saturated heterocycles. The number of hydrogen-bond donors (Lipinski definition) is 1. The van der Waals surface area contributed by atoms with Gasteiger partial charge in [0, 0.05) is 35.9 Å². The van der Waals surface area contributed by atoms with Gasteiger partial charge in [-0.15, -0.1) is 5.10 Å². The van der Waals surface area contributed by atoms with Crippen LogP contribution < -0.4 is 10.1 Å². The fourth-order valence-electron chi connectivity index (χ4n) is 2.45. The van der Waals surface area contributed by atoms with E-state index < -0.39 is 0 Å². The molecule has 0 aliphatic carbocycles. The van der Waals surface area contributed by atoms with Crippen LogP contribution in [-0.2, 0) is 20.2 Å². The maximum Gasteiger partial charge on any atom is 0.209 e. The largest absolute Gasteiger partial charge is 0.489 e. The Bertz CT molecular complexity index is 869. The summed E-state index contributed by atoms with van der Waals surface area (Å²) in [4.78, 5) is 0. The molecule has 8 heteroatoms. The highest BCUT2D eigenvalue weighted by Gasteiger charge is 2.06. The maximum absolute atomic E-state index is 6.05. The lowest BCUT2D eigenvalue weighted by Gasteiger charge is -2.13. The van der Waals surface area contributed by atoms with Gasteiger partial charge in [0.25, 0.3) is 0 Å². The van der Waals surface area contributed by atoms with Crippen molar-refractivity contribution in [3.05, 3.63) is 63.6 Å². The third-order valence-electron chi connectivity index (χ3n) is 3.94. The van der Waals surface area contributed by atoms with E-state index in [1.165, 1.54) is 5.56 Å². The molecule has 142 valence electrons. The molecule has 0 aliphatic rings. The SMILES string of the molecule is Cc1ccc(COc2ccc(Br)cc2CNCCSc2nnnn2C)cc1. The molecule has 6 nitrogen and oxygen atoms in total. The molecule has 0 radical (unpaired) electrons. The van der Waals surface area contributed by atoms with Crippen LogP contribution in [0.1, 0.15) is 16.7 Å². The Morgan fingerprint density at radius 1 is 1.19 bits per heavy atom. The van der Waals surface area contributed by atoms with E-state index in [4.69, 9.17) is 4.74 Å². The summed E-state index contributed by atoms with van der Waals surface area (Å²) >= 11 is 5.17. The minimum absolute atomic E-state index is 0.559. The van der Waals surface area contributed by atoms with Crippen molar-refractivity contribution in [3.8, 4) is 5.75 Å². The van der Waals surface area contributed by atoms with Crippen LogP contribution in [-0.4, -0.2) is 32.5 Å². The molecule has 3 rings (SSSR count). The molecule has 1 heterocycles. The molecular formula is C19H22BrN5OS. The van der Waals surface area contributed by atoms with Gasteiger partial charge < -0.3 is 10.1 Å². The number of tetrazole rings is 1. The molecule has 0 bridgehead atoms. The number of benzene rings is 2. The first kappa shape index (κ1) is 19.9. The van der Waals surface area contributed by atoms with Gasteiger partial charge in [-0.05, 0) is 41.1 Å². The Morgan fingerprint density at radius 3 is 2.74 bits per heavy atom. The lowest BCUT2D eigenvalue weighted by atomic mass is 10.1. The molecular weight excluding hydrogens is 426 g/mol. The molecule has 0 amide bonds. The first-order chi connectivity index (χ1) is 13.1. The van der Waals surface area contributed by atoms with Gasteiger partial charge in [-0.25, -0.2) is 4.68 Å². The number of ether oxygens (including phenoxy) is 1.